The van der Waals surface area contributed by atoms with Crippen molar-refractivity contribution in [2.24, 2.45) is 17.8 Å². The van der Waals surface area contributed by atoms with Crippen LogP contribution in [0.15, 0.2) is 48.0 Å². The van der Waals surface area contributed by atoms with Crippen LogP contribution in [0, 0.1) is 17.8 Å². The highest BCUT2D eigenvalue weighted by Crippen LogP contribution is 2.66. The maximum absolute atomic E-state index is 14.0. The van der Waals surface area contributed by atoms with E-state index in [-0.39, 0.29) is 41.5 Å². The predicted molar refractivity (Wildman–Crippen MR) is 158 cm³/mol. The van der Waals surface area contributed by atoms with Crippen LogP contribution in [0.1, 0.15) is 24.3 Å². The fraction of sp³-hybridized carbons (Fsp3) is 0.379. The normalized spacial score (nSPS) is 32.0. The molecule has 6 atom stereocenters. The Labute approximate surface area is 264 Å². The molecule has 1 saturated carbocycles. The Morgan fingerprint density at radius 3 is 2.17 bits per heavy atom. The van der Waals surface area contributed by atoms with Gasteiger partial charge >= 0.3 is 0 Å². The summed E-state index contributed by atoms with van der Waals surface area (Å²) in [5.41, 5.74) is 1.24. The molecule has 0 bridgehead atoms. The minimum atomic E-state index is -2.00. The topological polar surface area (TPSA) is 113 Å². The molecule has 0 radical (unpaired) electrons. The molecule has 4 aliphatic rings. The molecule has 2 aliphatic heterocycles. The lowest BCUT2D eigenvalue weighted by Crippen LogP contribution is -2.60. The summed E-state index contributed by atoms with van der Waals surface area (Å²) in [6.45, 7) is 0. The van der Waals surface area contributed by atoms with Gasteiger partial charge in [-0.15, -0.1) is 23.2 Å². The largest absolute Gasteiger partial charge is 0.502 e. The number of ether oxygens (including phenoxy) is 2. The van der Waals surface area contributed by atoms with E-state index in [0.717, 1.165) is 9.80 Å². The summed E-state index contributed by atoms with van der Waals surface area (Å²) in [5, 5.41) is 11.1. The van der Waals surface area contributed by atoms with Crippen molar-refractivity contribution in [3.05, 3.63) is 58.6 Å². The molecule has 2 heterocycles. The number of allylic oxidation sites excluding steroid dienone is 2. The lowest BCUT2D eigenvalue weighted by atomic mass is 9.56. The molecular weight excluding hydrogens is 675 g/mol. The van der Waals surface area contributed by atoms with Crippen molar-refractivity contribution < 1.29 is 33.8 Å². The van der Waals surface area contributed by atoms with Crippen molar-refractivity contribution in [2.45, 2.75) is 28.5 Å². The van der Waals surface area contributed by atoms with E-state index < -0.39 is 51.1 Å². The molecule has 2 aromatic carbocycles. The second-order valence-corrected chi connectivity index (χ2v) is 12.9. The van der Waals surface area contributed by atoms with Crippen LogP contribution in [0.3, 0.4) is 0 Å². The van der Waals surface area contributed by atoms with Crippen LogP contribution < -0.4 is 14.4 Å². The number of hydrogen-bond acceptors (Lipinski definition) is 7. The number of carbonyl (C=O) groups is 4. The van der Waals surface area contributed by atoms with E-state index in [1.165, 1.54) is 26.4 Å². The number of nitrogens with zero attached hydrogens (tertiary/aromatic N) is 2. The van der Waals surface area contributed by atoms with Crippen LogP contribution in [-0.4, -0.2) is 63.1 Å². The Morgan fingerprint density at radius 1 is 0.976 bits per heavy atom. The number of anilines is 1. The van der Waals surface area contributed by atoms with Crippen LogP contribution in [0.5, 0.6) is 17.2 Å². The van der Waals surface area contributed by atoms with E-state index in [2.05, 4.69) is 15.9 Å². The number of halogens is 4. The standard InChI is InChI=1S/C29H24BrCl3N2O7/c1-41-19-9-13(10-20(42-2)23(19)36)22-16-7-8-17-21(25(38)35(24(17)37)15-5-3-14(31)4-6-15)18(16)11-28(32)26(39)34(12-30)27(40)29(22,28)33/h3-7,9-10,17-18,21-22,36H,8,11-12H2,1-2H3. The lowest BCUT2D eigenvalue weighted by Gasteiger charge is -2.50. The van der Waals surface area contributed by atoms with Gasteiger partial charge in [-0.1, -0.05) is 39.2 Å². The molecule has 1 N–H and O–H groups in total. The second kappa shape index (κ2) is 10.1. The summed E-state index contributed by atoms with van der Waals surface area (Å²) < 4.78 is 10.8. The number of imide groups is 2. The molecular formula is C29H24BrCl3N2O7. The number of rotatable bonds is 5. The first-order valence-corrected chi connectivity index (χ1v) is 15.3. The van der Waals surface area contributed by atoms with Gasteiger partial charge in [-0.2, -0.15) is 0 Å². The number of phenols is 1. The van der Waals surface area contributed by atoms with E-state index in [9.17, 15) is 24.3 Å². The van der Waals surface area contributed by atoms with Gasteiger partial charge in [0.05, 0.1) is 37.2 Å². The van der Waals surface area contributed by atoms with Gasteiger partial charge in [-0.05, 0) is 60.7 Å². The summed E-state index contributed by atoms with van der Waals surface area (Å²) in [6.07, 6.45) is 1.89. The van der Waals surface area contributed by atoms with Crippen LogP contribution >= 0.6 is 50.7 Å². The summed E-state index contributed by atoms with van der Waals surface area (Å²) >= 11 is 23.7. The fourth-order valence-corrected chi connectivity index (χ4v) is 8.60. The van der Waals surface area contributed by atoms with Gasteiger partial charge in [0.2, 0.25) is 17.6 Å². The highest BCUT2D eigenvalue weighted by Gasteiger charge is 2.76. The molecule has 4 amide bonds. The Bertz CT molecular complexity index is 1560. The van der Waals surface area contributed by atoms with Crippen LogP contribution in [0.2, 0.25) is 5.02 Å². The van der Waals surface area contributed by atoms with Crippen molar-refractivity contribution >= 4 is 80.0 Å². The molecule has 220 valence electrons. The third kappa shape index (κ3) is 3.74. The van der Waals surface area contributed by atoms with Crippen molar-refractivity contribution in [3.8, 4) is 17.2 Å². The van der Waals surface area contributed by atoms with Crippen molar-refractivity contribution in [1.82, 2.24) is 4.90 Å². The predicted octanol–water partition coefficient (Wildman–Crippen LogP) is 4.98. The van der Waals surface area contributed by atoms with Crippen molar-refractivity contribution in [1.29, 1.82) is 0 Å². The zero-order valence-electron chi connectivity index (χ0n) is 22.3. The average molecular weight is 699 g/mol. The second-order valence-electron chi connectivity index (χ2n) is 10.7. The van der Waals surface area contributed by atoms with Crippen LogP contribution in [0.25, 0.3) is 0 Å². The van der Waals surface area contributed by atoms with Crippen molar-refractivity contribution in [3.63, 3.8) is 0 Å². The number of carbonyl (C=O) groups excluding carboxylic acids is 4. The number of alkyl halides is 3. The average Bonchev–Trinajstić information content (AvgIpc) is 3.31. The van der Waals surface area contributed by atoms with Gasteiger partial charge in [0.15, 0.2) is 21.2 Å². The number of benzene rings is 2. The van der Waals surface area contributed by atoms with Gasteiger partial charge in [0, 0.05) is 10.9 Å². The number of likely N-dealkylation sites (tertiary alicyclic amines) is 1. The third-order valence-electron chi connectivity index (χ3n) is 8.94. The number of aromatic hydroxyl groups is 1. The lowest BCUT2D eigenvalue weighted by molar-refractivity contribution is -0.138. The van der Waals surface area contributed by atoms with E-state index in [1.807, 2.05) is 6.08 Å². The van der Waals surface area contributed by atoms with E-state index in [0.29, 0.717) is 21.8 Å². The molecule has 42 heavy (non-hydrogen) atoms. The molecule has 0 aromatic heterocycles. The number of amides is 4. The highest BCUT2D eigenvalue weighted by atomic mass is 79.9. The van der Waals surface area contributed by atoms with Gasteiger partial charge in [-0.25, -0.2) is 0 Å². The molecule has 0 spiro atoms. The number of phenolic OH excluding ortho intramolecular Hbond substituents is 1. The smallest absolute Gasteiger partial charge is 0.254 e. The molecule has 13 heteroatoms. The first kappa shape index (κ1) is 29.3. The van der Waals surface area contributed by atoms with Crippen LogP contribution in [0.4, 0.5) is 5.69 Å². The molecule has 3 fully saturated rings. The summed E-state index contributed by atoms with van der Waals surface area (Å²) in [6, 6.07) is 9.41. The first-order chi connectivity index (χ1) is 19.9. The number of fused-ring (bicyclic) bond motifs is 4. The Balaban J connectivity index is 1.55. The molecule has 9 nitrogen and oxygen atoms in total. The maximum atomic E-state index is 14.0. The summed E-state index contributed by atoms with van der Waals surface area (Å²) in [5.74, 6) is -5.64. The number of methoxy groups -OCH3 is 2. The SMILES string of the molecule is COc1cc(C2C3=CCC4C(=O)N(c5ccc(Cl)cc5)C(=O)C4C3CC3(Cl)C(=O)N(CBr)C(=O)C23Cl)cc(OC)c1O. The zero-order valence-corrected chi connectivity index (χ0v) is 26.1. The van der Waals surface area contributed by atoms with Crippen LogP contribution in [-0.2, 0) is 19.2 Å². The highest BCUT2D eigenvalue weighted by molar-refractivity contribution is 9.09. The summed E-state index contributed by atoms with van der Waals surface area (Å²) in [7, 11) is 2.72. The van der Waals surface area contributed by atoms with E-state index >= 15 is 0 Å². The monoisotopic (exact) mass is 696 g/mol. The number of hydrogen-bond donors (Lipinski definition) is 1. The molecule has 2 aliphatic carbocycles. The first-order valence-electron chi connectivity index (χ1n) is 13.0. The Hall–Kier alpha value is -2.79. The third-order valence-corrected chi connectivity index (χ3v) is 11.1. The fourth-order valence-electron chi connectivity index (χ4n) is 7.05. The van der Waals surface area contributed by atoms with Gasteiger partial charge in [0.1, 0.15) is 0 Å². The minimum absolute atomic E-state index is 0.0522. The van der Waals surface area contributed by atoms with E-state index in [4.69, 9.17) is 44.3 Å². The maximum Gasteiger partial charge on any atom is 0.254 e. The van der Waals surface area contributed by atoms with Gasteiger partial charge < -0.3 is 14.6 Å². The van der Waals surface area contributed by atoms with Crippen molar-refractivity contribution in [2.75, 3.05) is 24.6 Å². The molecule has 6 unspecified atom stereocenters. The molecule has 2 saturated heterocycles. The molecule has 6 rings (SSSR count). The Kier molecular flexibility index (Phi) is 7.08. The minimum Gasteiger partial charge on any atom is -0.502 e. The summed E-state index contributed by atoms with van der Waals surface area (Å²) in [4.78, 5) is 53.6. The van der Waals surface area contributed by atoms with E-state index in [1.54, 1.807) is 24.3 Å². The molecule has 2 aromatic rings. The zero-order chi connectivity index (χ0) is 30.3. The van der Waals surface area contributed by atoms with Gasteiger partial charge in [-0.3, -0.25) is 29.0 Å². The quantitative estimate of drug-likeness (QED) is 0.203. The van der Waals surface area contributed by atoms with Gasteiger partial charge in [0.25, 0.3) is 11.8 Å². The Morgan fingerprint density at radius 2 is 1.60 bits per heavy atom.